The van der Waals surface area contributed by atoms with E-state index in [1.54, 1.807) is 0 Å². The number of carbonyl (C=O) groups excluding carboxylic acids is 1. The minimum absolute atomic E-state index is 0.177. The second-order valence-electron chi connectivity index (χ2n) is 6.84. The number of benzene rings is 1. The Morgan fingerprint density at radius 2 is 1.92 bits per heavy atom. The number of imidazole rings is 1. The Morgan fingerprint density at radius 3 is 2.76 bits per heavy atom. The van der Waals surface area contributed by atoms with Gasteiger partial charge in [0.25, 0.3) is 5.91 Å². The molecule has 0 radical (unpaired) electrons. The Labute approximate surface area is 147 Å². The largest absolute Gasteiger partial charge is 0.347 e. The molecule has 0 bridgehead atoms. The van der Waals surface area contributed by atoms with Crippen molar-refractivity contribution < 1.29 is 4.79 Å². The molecule has 25 heavy (non-hydrogen) atoms. The lowest BCUT2D eigenvalue weighted by Crippen LogP contribution is -2.23. The Morgan fingerprint density at radius 1 is 1.12 bits per heavy atom. The van der Waals surface area contributed by atoms with Crippen LogP contribution in [-0.4, -0.2) is 20.3 Å². The van der Waals surface area contributed by atoms with Crippen molar-refractivity contribution in [2.75, 3.05) is 0 Å². The monoisotopic (exact) mass is 334 g/mol. The molecule has 5 nitrogen and oxygen atoms in total. The van der Waals surface area contributed by atoms with Crippen LogP contribution in [0.4, 0.5) is 0 Å². The van der Waals surface area contributed by atoms with E-state index in [-0.39, 0.29) is 5.91 Å². The highest BCUT2D eigenvalue weighted by Gasteiger charge is 2.19. The van der Waals surface area contributed by atoms with Crippen LogP contribution in [0.25, 0.3) is 5.65 Å². The molecule has 1 aliphatic carbocycles. The summed E-state index contributed by atoms with van der Waals surface area (Å²) < 4.78 is 1.93. The van der Waals surface area contributed by atoms with Crippen molar-refractivity contribution in [3.05, 3.63) is 63.9 Å². The minimum atomic E-state index is -0.177. The van der Waals surface area contributed by atoms with Crippen LogP contribution in [0, 0.1) is 20.8 Å². The zero-order valence-electron chi connectivity index (χ0n) is 14.9. The predicted molar refractivity (Wildman–Crippen MR) is 96.8 cm³/mol. The second-order valence-corrected chi connectivity index (χ2v) is 6.84. The fraction of sp³-hybridized carbons (Fsp3) is 0.350. The van der Waals surface area contributed by atoms with Gasteiger partial charge < -0.3 is 5.32 Å². The van der Waals surface area contributed by atoms with Crippen LogP contribution in [-0.2, 0) is 19.4 Å². The van der Waals surface area contributed by atoms with Crippen LogP contribution in [0.15, 0.2) is 24.3 Å². The lowest BCUT2D eigenvalue weighted by molar-refractivity contribution is 0.0948. The van der Waals surface area contributed by atoms with E-state index in [1.807, 2.05) is 31.2 Å². The van der Waals surface area contributed by atoms with E-state index >= 15 is 0 Å². The molecule has 1 N–H and O–H groups in total. The van der Waals surface area contributed by atoms with Crippen molar-refractivity contribution in [1.82, 2.24) is 19.7 Å². The lowest BCUT2D eigenvalue weighted by Gasteiger charge is -2.07. The van der Waals surface area contributed by atoms with Crippen molar-refractivity contribution in [2.24, 2.45) is 0 Å². The standard InChI is InChI=1S/C20H22N4O/c1-12-9-13(2)24-14(3)23-18(19(24)22-12)20(25)21-11-15-7-8-16-5-4-6-17(16)10-15/h7-10H,4-6,11H2,1-3H3,(H,21,25). The molecule has 0 saturated carbocycles. The second kappa shape index (κ2) is 5.99. The zero-order valence-corrected chi connectivity index (χ0v) is 14.9. The quantitative estimate of drug-likeness (QED) is 0.801. The van der Waals surface area contributed by atoms with Crippen LogP contribution < -0.4 is 5.32 Å². The van der Waals surface area contributed by atoms with Crippen LogP contribution in [0.1, 0.15) is 50.8 Å². The zero-order chi connectivity index (χ0) is 17.6. The number of nitrogens with zero attached hydrogens (tertiary/aromatic N) is 3. The van der Waals surface area contributed by atoms with Gasteiger partial charge in [-0.2, -0.15) is 0 Å². The highest BCUT2D eigenvalue weighted by Crippen LogP contribution is 2.23. The Hall–Kier alpha value is -2.69. The molecule has 5 heteroatoms. The molecule has 2 aromatic heterocycles. The summed E-state index contributed by atoms with van der Waals surface area (Å²) in [5.41, 5.74) is 6.94. The summed E-state index contributed by atoms with van der Waals surface area (Å²) in [7, 11) is 0. The normalized spacial score (nSPS) is 13.2. The highest BCUT2D eigenvalue weighted by atomic mass is 16.1. The van der Waals surface area contributed by atoms with Crippen LogP contribution >= 0.6 is 0 Å². The van der Waals surface area contributed by atoms with Crippen LogP contribution in [0.3, 0.4) is 0 Å². The number of aryl methyl sites for hydroxylation is 5. The number of nitrogens with one attached hydrogen (secondary N) is 1. The van der Waals surface area contributed by atoms with E-state index < -0.39 is 0 Å². The van der Waals surface area contributed by atoms with Gasteiger partial charge in [0.1, 0.15) is 5.82 Å². The fourth-order valence-corrected chi connectivity index (χ4v) is 3.77. The van der Waals surface area contributed by atoms with Crippen molar-refractivity contribution in [3.8, 4) is 0 Å². The number of amides is 1. The maximum Gasteiger partial charge on any atom is 0.274 e. The molecule has 3 aromatic rings. The van der Waals surface area contributed by atoms with Crippen molar-refractivity contribution in [3.63, 3.8) is 0 Å². The first-order valence-corrected chi connectivity index (χ1v) is 8.75. The van der Waals surface area contributed by atoms with Gasteiger partial charge in [-0.1, -0.05) is 18.2 Å². The van der Waals surface area contributed by atoms with E-state index in [4.69, 9.17) is 0 Å². The molecule has 0 spiro atoms. The summed E-state index contributed by atoms with van der Waals surface area (Å²) in [6.45, 7) is 6.34. The Bertz CT molecular complexity index is 987. The Kier molecular flexibility index (Phi) is 3.79. The molecule has 128 valence electrons. The Balaban J connectivity index is 1.58. The summed E-state index contributed by atoms with van der Waals surface area (Å²) in [5.74, 6) is 0.603. The van der Waals surface area contributed by atoms with Gasteiger partial charge in [0.15, 0.2) is 11.3 Å². The van der Waals surface area contributed by atoms with Gasteiger partial charge in [0, 0.05) is 17.9 Å². The highest BCUT2D eigenvalue weighted by molar-refractivity contribution is 5.98. The molecule has 0 unspecified atom stereocenters. The average Bonchev–Trinajstić information content (AvgIpc) is 3.16. The van der Waals surface area contributed by atoms with Gasteiger partial charge in [-0.25, -0.2) is 9.97 Å². The van der Waals surface area contributed by atoms with E-state index in [0.29, 0.717) is 17.9 Å². The van der Waals surface area contributed by atoms with Crippen molar-refractivity contribution >= 4 is 11.6 Å². The molecule has 4 rings (SSSR count). The fourth-order valence-electron chi connectivity index (χ4n) is 3.77. The number of hydrogen-bond donors (Lipinski definition) is 1. The third-order valence-electron chi connectivity index (χ3n) is 4.90. The van der Waals surface area contributed by atoms with Crippen molar-refractivity contribution in [2.45, 2.75) is 46.6 Å². The minimum Gasteiger partial charge on any atom is -0.347 e. The number of fused-ring (bicyclic) bond motifs is 2. The van der Waals surface area contributed by atoms with Gasteiger partial charge in [0.2, 0.25) is 0 Å². The van der Waals surface area contributed by atoms with Crippen LogP contribution in [0.5, 0.6) is 0 Å². The molecule has 1 aliphatic rings. The SMILES string of the molecule is Cc1cc(C)n2c(C)nc(C(=O)NCc3ccc4c(c3)CCC4)c2n1. The third kappa shape index (κ3) is 2.80. The predicted octanol–water partition coefficient (Wildman–Crippen LogP) is 3.07. The summed E-state index contributed by atoms with van der Waals surface area (Å²) in [4.78, 5) is 21.6. The summed E-state index contributed by atoms with van der Waals surface area (Å²) >= 11 is 0. The summed E-state index contributed by atoms with van der Waals surface area (Å²) in [6, 6.07) is 8.50. The number of aromatic nitrogens is 3. The summed E-state index contributed by atoms with van der Waals surface area (Å²) in [5, 5.41) is 3.00. The van der Waals surface area contributed by atoms with Gasteiger partial charge in [-0.3, -0.25) is 9.20 Å². The molecule has 1 aromatic carbocycles. The van der Waals surface area contributed by atoms with E-state index in [1.165, 1.54) is 24.0 Å². The molecule has 2 heterocycles. The maximum absolute atomic E-state index is 12.7. The van der Waals surface area contributed by atoms with Gasteiger partial charge in [0.05, 0.1) is 0 Å². The van der Waals surface area contributed by atoms with Crippen LogP contribution in [0.2, 0.25) is 0 Å². The average molecular weight is 334 g/mol. The first-order valence-electron chi connectivity index (χ1n) is 8.75. The number of hydrogen-bond acceptors (Lipinski definition) is 3. The first-order chi connectivity index (χ1) is 12.0. The van der Waals surface area contributed by atoms with E-state index in [2.05, 4.69) is 33.5 Å². The van der Waals surface area contributed by atoms with E-state index in [0.717, 1.165) is 29.2 Å². The molecular formula is C20H22N4O. The van der Waals surface area contributed by atoms with Gasteiger partial charge in [-0.05, 0) is 62.8 Å². The van der Waals surface area contributed by atoms with Gasteiger partial charge in [-0.15, -0.1) is 0 Å². The molecule has 0 aliphatic heterocycles. The third-order valence-corrected chi connectivity index (χ3v) is 4.90. The molecule has 1 amide bonds. The molecule has 0 fully saturated rings. The van der Waals surface area contributed by atoms with E-state index in [9.17, 15) is 4.79 Å². The lowest BCUT2D eigenvalue weighted by atomic mass is 10.1. The molecule has 0 atom stereocenters. The smallest absolute Gasteiger partial charge is 0.274 e. The van der Waals surface area contributed by atoms with Gasteiger partial charge >= 0.3 is 0 Å². The molecule has 0 saturated heterocycles. The first kappa shape index (κ1) is 15.8. The summed E-state index contributed by atoms with van der Waals surface area (Å²) in [6.07, 6.45) is 3.55. The van der Waals surface area contributed by atoms with Crippen molar-refractivity contribution in [1.29, 1.82) is 0 Å². The molecular weight excluding hydrogens is 312 g/mol. The maximum atomic E-state index is 12.7. The number of rotatable bonds is 3. The topological polar surface area (TPSA) is 59.3 Å². The number of carbonyl (C=O) groups is 1.